The van der Waals surface area contributed by atoms with Crippen LogP contribution in [0.25, 0.3) is 0 Å². The quantitative estimate of drug-likeness (QED) is 0.677. The van der Waals surface area contributed by atoms with Crippen molar-refractivity contribution in [3.63, 3.8) is 0 Å². The molecule has 1 aliphatic rings. The molecule has 0 radical (unpaired) electrons. The van der Waals surface area contributed by atoms with Crippen LogP contribution in [0, 0.1) is 5.82 Å². The van der Waals surface area contributed by atoms with Crippen LogP contribution in [-0.4, -0.2) is 18.4 Å². The number of halogens is 1. The molecule has 1 N–H and O–H groups in total. The van der Waals surface area contributed by atoms with Gasteiger partial charge in [0.25, 0.3) is 0 Å². The highest BCUT2D eigenvalue weighted by Gasteiger charge is 2.18. The Balaban J connectivity index is 2.47. The summed E-state index contributed by atoms with van der Waals surface area (Å²) in [7, 11) is 0. The first-order valence-corrected chi connectivity index (χ1v) is 4.72. The standard InChI is InChI=1S/C11H12FNO/c1-7-4-8-5-9(12)2-3-10(8)11(14)6-13-7/h2-3,5,7,13H,4,6H2,1H3. The second-order valence-corrected chi connectivity index (χ2v) is 3.71. The van der Waals surface area contributed by atoms with Crippen LogP contribution >= 0.6 is 0 Å². The zero-order valence-electron chi connectivity index (χ0n) is 8.01. The van der Waals surface area contributed by atoms with Gasteiger partial charge in [-0.25, -0.2) is 4.39 Å². The lowest BCUT2D eigenvalue weighted by Gasteiger charge is -2.08. The summed E-state index contributed by atoms with van der Waals surface area (Å²) >= 11 is 0. The fraction of sp³-hybridized carbons (Fsp3) is 0.364. The Morgan fingerprint density at radius 1 is 1.50 bits per heavy atom. The molecule has 1 atom stereocenters. The average molecular weight is 193 g/mol. The molecule has 1 aromatic carbocycles. The number of hydrogen-bond acceptors (Lipinski definition) is 2. The van der Waals surface area contributed by atoms with Crippen LogP contribution in [0.5, 0.6) is 0 Å². The van der Waals surface area contributed by atoms with Crippen molar-refractivity contribution in [1.82, 2.24) is 5.32 Å². The van der Waals surface area contributed by atoms with Gasteiger partial charge < -0.3 is 5.32 Å². The molecule has 0 saturated heterocycles. The first-order chi connectivity index (χ1) is 6.66. The molecule has 74 valence electrons. The molecule has 1 heterocycles. The van der Waals surface area contributed by atoms with Crippen molar-refractivity contribution in [1.29, 1.82) is 0 Å². The molecule has 1 aromatic rings. The topological polar surface area (TPSA) is 29.1 Å². The Morgan fingerprint density at radius 2 is 2.29 bits per heavy atom. The van der Waals surface area contributed by atoms with Crippen molar-refractivity contribution in [3.05, 3.63) is 35.1 Å². The third-order valence-electron chi connectivity index (χ3n) is 2.50. The third-order valence-corrected chi connectivity index (χ3v) is 2.50. The van der Waals surface area contributed by atoms with Gasteiger partial charge in [0.05, 0.1) is 6.54 Å². The summed E-state index contributed by atoms with van der Waals surface area (Å²) in [5.41, 5.74) is 1.47. The number of nitrogens with one attached hydrogen (secondary N) is 1. The highest BCUT2D eigenvalue weighted by atomic mass is 19.1. The number of carbonyl (C=O) groups is 1. The Kier molecular flexibility index (Phi) is 2.33. The average Bonchev–Trinajstić information content (AvgIpc) is 2.26. The van der Waals surface area contributed by atoms with Gasteiger partial charge in [-0.1, -0.05) is 0 Å². The summed E-state index contributed by atoms with van der Waals surface area (Å²) in [5.74, 6) is -0.227. The van der Waals surface area contributed by atoms with E-state index in [0.29, 0.717) is 18.5 Å². The summed E-state index contributed by atoms with van der Waals surface area (Å²) in [5, 5.41) is 3.09. The van der Waals surface area contributed by atoms with E-state index in [1.165, 1.54) is 12.1 Å². The van der Waals surface area contributed by atoms with Crippen LogP contribution in [0.15, 0.2) is 18.2 Å². The van der Waals surface area contributed by atoms with Gasteiger partial charge in [0.2, 0.25) is 0 Å². The van der Waals surface area contributed by atoms with Crippen LogP contribution in [-0.2, 0) is 6.42 Å². The van der Waals surface area contributed by atoms with E-state index in [-0.39, 0.29) is 17.6 Å². The van der Waals surface area contributed by atoms with Crippen LogP contribution in [0.1, 0.15) is 22.8 Å². The minimum absolute atomic E-state index is 0.0457. The number of ketones is 1. The zero-order valence-corrected chi connectivity index (χ0v) is 8.01. The summed E-state index contributed by atoms with van der Waals surface area (Å²) in [6, 6.07) is 4.60. The molecule has 1 aliphatic heterocycles. The summed E-state index contributed by atoms with van der Waals surface area (Å²) in [6.07, 6.45) is 0.707. The van der Waals surface area contributed by atoms with E-state index in [4.69, 9.17) is 0 Å². The van der Waals surface area contributed by atoms with Gasteiger partial charge in [0.1, 0.15) is 5.82 Å². The molecule has 14 heavy (non-hydrogen) atoms. The van der Waals surface area contributed by atoms with Crippen LogP contribution < -0.4 is 5.32 Å². The number of Topliss-reactive ketones (excluding diaryl/α,β-unsaturated/α-hetero) is 1. The van der Waals surface area contributed by atoms with E-state index in [1.807, 2.05) is 6.92 Å². The minimum atomic E-state index is -0.273. The molecule has 0 saturated carbocycles. The molecular formula is C11H12FNO. The van der Waals surface area contributed by atoms with Crippen molar-refractivity contribution in [2.24, 2.45) is 0 Å². The second kappa shape index (κ2) is 3.50. The van der Waals surface area contributed by atoms with Crippen molar-refractivity contribution in [2.75, 3.05) is 6.54 Å². The first-order valence-electron chi connectivity index (χ1n) is 4.72. The fourth-order valence-electron chi connectivity index (χ4n) is 1.77. The number of benzene rings is 1. The van der Waals surface area contributed by atoms with Gasteiger partial charge in [0.15, 0.2) is 5.78 Å². The summed E-state index contributed by atoms with van der Waals surface area (Å²) in [6.45, 7) is 2.34. The number of carbonyl (C=O) groups excluding carboxylic acids is 1. The molecule has 0 spiro atoms. The predicted molar refractivity (Wildman–Crippen MR) is 51.9 cm³/mol. The molecule has 1 unspecified atom stereocenters. The molecule has 0 fully saturated rings. The largest absolute Gasteiger partial charge is 0.307 e. The number of rotatable bonds is 0. The number of fused-ring (bicyclic) bond motifs is 1. The molecule has 0 amide bonds. The van der Waals surface area contributed by atoms with E-state index in [9.17, 15) is 9.18 Å². The highest BCUT2D eigenvalue weighted by molar-refractivity contribution is 5.99. The number of hydrogen-bond donors (Lipinski definition) is 1. The maximum absolute atomic E-state index is 12.9. The van der Waals surface area contributed by atoms with Crippen LogP contribution in [0.3, 0.4) is 0 Å². The normalized spacial score (nSPS) is 21.6. The van der Waals surface area contributed by atoms with Crippen molar-refractivity contribution < 1.29 is 9.18 Å². The van der Waals surface area contributed by atoms with Gasteiger partial charge in [-0.15, -0.1) is 0 Å². The maximum Gasteiger partial charge on any atom is 0.176 e. The molecule has 0 aliphatic carbocycles. The Labute approximate surface area is 82.1 Å². The van der Waals surface area contributed by atoms with E-state index in [2.05, 4.69) is 5.32 Å². The lowest BCUT2D eigenvalue weighted by atomic mass is 10.0. The lowest BCUT2D eigenvalue weighted by molar-refractivity contribution is 0.0991. The van der Waals surface area contributed by atoms with Crippen LogP contribution in [0.2, 0.25) is 0 Å². The minimum Gasteiger partial charge on any atom is -0.307 e. The zero-order chi connectivity index (χ0) is 10.1. The van der Waals surface area contributed by atoms with Gasteiger partial charge in [-0.05, 0) is 37.1 Å². The highest BCUT2D eigenvalue weighted by Crippen LogP contribution is 2.16. The molecule has 2 nitrogen and oxygen atoms in total. The lowest BCUT2D eigenvalue weighted by Crippen LogP contribution is -2.29. The first kappa shape index (κ1) is 9.34. The Bertz CT molecular complexity index is 376. The van der Waals surface area contributed by atoms with E-state index >= 15 is 0 Å². The second-order valence-electron chi connectivity index (χ2n) is 3.71. The Morgan fingerprint density at radius 3 is 3.07 bits per heavy atom. The predicted octanol–water partition coefficient (Wildman–Crippen LogP) is 1.54. The monoisotopic (exact) mass is 193 g/mol. The smallest absolute Gasteiger partial charge is 0.176 e. The molecule has 0 bridgehead atoms. The van der Waals surface area contributed by atoms with E-state index in [1.54, 1.807) is 6.07 Å². The fourth-order valence-corrected chi connectivity index (χ4v) is 1.77. The van der Waals surface area contributed by atoms with E-state index in [0.717, 1.165) is 5.56 Å². The van der Waals surface area contributed by atoms with Crippen LogP contribution in [0.4, 0.5) is 4.39 Å². The third kappa shape index (κ3) is 1.68. The molecule has 0 aromatic heterocycles. The summed E-state index contributed by atoms with van der Waals surface area (Å²) < 4.78 is 12.9. The maximum atomic E-state index is 12.9. The van der Waals surface area contributed by atoms with Crippen molar-refractivity contribution >= 4 is 5.78 Å². The van der Waals surface area contributed by atoms with Crippen molar-refractivity contribution in [3.8, 4) is 0 Å². The molecule has 2 rings (SSSR count). The van der Waals surface area contributed by atoms with Gasteiger partial charge in [0, 0.05) is 11.6 Å². The van der Waals surface area contributed by atoms with Gasteiger partial charge in [-0.3, -0.25) is 4.79 Å². The summed E-state index contributed by atoms with van der Waals surface area (Å²) in [4.78, 5) is 11.6. The Hall–Kier alpha value is -1.22. The van der Waals surface area contributed by atoms with Gasteiger partial charge >= 0.3 is 0 Å². The SMILES string of the molecule is CC1Cc2cc(F)ccc2C(=O)CN1. The molecule has 3 heteroatoms. The van der Waals surface area contributed by atoms with E-state index < -0.39 is 0 Å². The van der Waals surface area contributed by atoms with Crippen molar-refractivity contribution in [2.45, 2.75) is 19.4 Å². The molecular weight excluding hydrogens is 181 g/mol. The van der Waals surface area contributed by atoms with Gasteiger partial charge in [-0.2, -0.15) is 0 Å².